The van der Waals surface area contributed by atoms with Gasteiger partial charge in [-0.05, 0) is 11.6 Å². The van der Waals surface area contributed by atoms with Crippen molar-refractivity contribution in [1.29, 1.82) is 0 Å². The Bertz CT molecular complexity index is 304. The largest absolute Gasteiger partial charge is 0.433 e. The molecule has 1 aromatic rings. The SMILES string of the molecule is COCC(=O)OC=Cc1ccccc1. The number of hydrogen-bond donors (Lipinski definition) is 0. The Kier molecular flexibility index (Phi) is 4.44. The third-order valence-corrected chi connectivity index (χ3v) is 1.52. The van der Waals surface area contributed by atoms with Gasteiger partial charge in [0.15, 0.2) is 0 Å². The molecule has 0 N–H and O–H groups in total. The Morgan fingerprint density at radius 1 is 1.36 bits per heavy atom. The molecular weight excluding hydrogens is 180 g/mol. The standard InChI is InChI=1S/C11H12O3/c1-13-9-11(12)14-8-7-10-5-3-2-4-6-10/h2-8H,9H2,1H3. The van der Waals surface area contributed by atoms with Crippen molar-refractivity contribution in [3.8, 4) is 0 Å². The van der Waals surface area contributed by atoms with Gasteiger partial charge in [0.05, 0.1) is 6.26 Å². The molecule has 3 heteroatoms. The first-order chi connectivity index (χ1) is 6.83. The van der Waals surface area contributed by atoms with Crippen LogP contribution in [0.15, 0.2) is 36.6 Å². The van der Waals surface area contributed by atoms with Crippen LogP contribution in [0.25, 0.3) is 6.08 Å². The molecule has 0 radical (unpaired) electrons. The predicted molar refractivity (Wildman–Crippen MR) is 53.4 cm³/mol. The monoisotopic (exact) mass is 192 g/mol. The van der Waals surface area contributed by atoms with Crippen LogP contribution in [0.2, 0.25) is 0 Å². The third kappa shape index (κ3) is 3.87. The molecule has 0 saturated heterocycles. The van der Waals surface area contributed by atoms with Crippen molar-refractivity contribution < 1.29 is 14.3 Å². The molecule has 0 amide bonds. The first kappa shape index (κ1) is 10.5. The fourth-order valence-corrected chi connectivity index (χ4v) is 0.905. The van der Waals surface area contributed by atoms with Crippen LogP contribution >= 0.6 is 0 Å². The van der Waals surface area contributed by atoms with E-state index in [1.165, 1.54) is 13.4 Å². The van der Waals surface area contributed by atoms with E-state index in [-0.39, 0.29) is 6.61 Å². The molecule has 1 rings (SSSR count). The summed E-state index contributed by atoms with van der Waals surface area (Å²) in [4.78, 5) is 10.8. The van der Waals surface area contributed by atoms with Gasteiger partial charge in [-0.3, -0.25) is 0 Å². The number of methoxy groups -OCH3 is 1. The van der Waals surface area contributed by atoms with Crippen LogP contribution in [0.3, 0.4) is 0 Å². The molecule has 0 bridgehead atoms. The molecule has 0 aliphatic carbocycles. The Hall–Kier alpha value is -1.61. The number of benzene rings is 1. The maximum Gasteiger partial charge on any atom is 0.336 e. The summed E-state index contributed by atoms with van der Waals surface area (Å²) in [5.74, 6) is -0.403. The lowest BCUT2D eigenvalue weighted by Gasteiger charge is -1.96. The molecule has 0 aromatic heterocycles. The topological polar surface area (TPSA) is 35.5 Å². The van der Waals surface area contributed by atoms with E-state index >= 15 is 0 Å². The Morgan fingerprint density at radius 2 is 2.07 bits per heavy atom. The summed E-state index contributed by atoms with van der Waals surface area (Å²) in [5.41, 5.74) is 0.984. The highest BCUT2D eigenvalue weighted by atomic mass is 16.6. The molecule has 74 valence electrons. The zero-order valence-corrected chi connectivity index (χ0v) is 7.97. The summed E-state index contributed by atoms with van der Waals surface area (Å²) in [6, 6.07) is 9.59. The van der Waals surface area contributed by atoms with Crippen molar-refractivity contribution in [2.75, 3.05) is 13.7 Å². The molecule has 3 nitrogen and oxygen atoms in total. The van der Waals surface area contributed by atoms with Crippen LogP contribution in [0.4, 0.5) is 0 Å². The fourth-order valence-electron chi connectivity index (χ4n) is 0.905. The van der Waals surface area contributed by atoms with Crippen LogP contribution in [0.5, 0.6) is 0 Å². The van der Waals surface area contributed by atoms with Gasteiger partial charge in [-0.25, -0.2) is 4.79 Å². The van der Waals surface area contributed by atoms with E-state index in [1.54, 1.807) is 6.08 Å². The van der Waals surface area contributed by atoms with Crippen molar-refractivity contribution >= 4 is 12.0 Å². The highest BCUT2D eigenvalue weighted by Gasteiger charge is 1.96. The number of carbonyl (C=O) groups is 1. The van der Waals surface area contributed by atoms with E-state index in [0.717, 1.165) is 5.56 Å². The molecule has 0 aliphatic rings. The second-order valence-corrected chi connectivity index (χ2v) is 2.64. The lowest BCUT2D eigenvalue weighted by Crippen LogP contribution is -2.06. The van der Waals surface area contributed by atoms with Crippen molar-refractivity contribution in [3.05, 3.63) is 42.2 Å². The molecule has 0 saturated carbocycles. The van der Waals surface area contributed by atoms with E-state index in [9.17, 15) is 4.79 Å². The van der Waals surface area contributed by atoms with Crippen molar-refractivity contribution in [3.63, 3.8) is 0 Å². The molecule has 0 fully saturated rings. The molecule has 0 spiro atoms. The minimum atomic E-state index is -0.403. The molecule has 1 aromatic carbocycles. The van der Waals surface area contributed by atoms with Crippen molar-refractivity contribution in [2.45, 2.75) is 0 Å². The highest BCUT2D eigenvalue weighted by Crippen LogP contribution is 2.00. The van der Waals surface area contributed by atoms with Gasteiger partial charge in [-0.15, -0.1) is 0 Å². The normalized spacial score (nSPS) is 10.4. The van der Waals surface area contributed by atoms with Crippen molar-refractivity contribution in [1.82, 2.24) is 0 Å². The maximum absolute atomic E-state index is 10.8. The molecule has 14 heavy (non-hydrogen) atoms. The lowest BCUT2D eigenvalue weighted by atomic mass is 10.2. The van der Waals surface area contributed by atoms with Gasteiger partial charge in [-0.1, -0.05) is 30.3 Å². The van der Waals surface area contributed by atoms with Gasteiger partial charge in [0.2, 0.25) is 0 Å². The van der Waals surface area contributed by atoms with Crippen molar-refractivity contribution in [2.24, 2.45) is 0 Å². The predicted octanol–water partition coefficient (Wildman–Crippen LogP) is 1.85. The minimum absolute atomic E-state index is 0.0286. The second-order valence-electron chi connectivity index (χ2n) is 2.64. The van der Waals surface area contributed by atoms with E-state index in [2.05, 4.69) is 4.74 Å². The zero-order valence-electron chi connectivity index (χ0n) is 7.97. The summed E-state index contributed by atoms with van der Waals surface area (Å²) in [7, 11) is 1.45. The number of esters is 1. The van der Waals surface area contributed by atoms with E-state index < -0.39 is 5.97 Å². The van der Waals surface area contributed by atoms with E-state index in [1.807, 2.05) is 30.3 Å². The fraction of sp³-hybridized carbons (Fsp3) is 0.182. The second kappa shape index (κ2) is 5.94. The van der Waals surface area contributed by atoms with Gasteiger partial charge >= 0.3 is 5.97 Å². The summed E-state index contributed by atoms with van der Waals surface area (Å²) in [6.45, 7) is -0.0286. The average Bonchev–Trinajstić information content (AvgIpc) is 2.20. The minimum Gasteiger partial charge on any atom is -0.433 e. The first-order valence-electron chi connectivity index (χ1n) is 4.23. The van der Waals surface area contributed by atoms with E-state index in [4.69, 9.17) is 4.74 Å². The molecule has 0 atom stereocenters. The summed E-state index contributed by atoms with van der Waals surface area (Å²) in [5, 5.41) is 0. The number of hydrogen-bond acceptors (Lipinski definition) is 3. The highest BCUT2D eigenvalue weighted by molar-refractivity contribution is 5.71. The van der Waals surface area contributed by atoms with Gasteiger partial charge in [0, 0.05) is 7.11 Å². The molecule has 0 unspecified atom stereocenters. The zero-order chi connectivity index (χ0) is 10.2. The lowest BCUT2D eigenvalue weighted by molar-refractivity contribution is -0.142. The molecule has 0 aliphatic heterocycles. The maximum atomic E-state index is 10.8. The van der Waals surface area contributed by atoms with Gasteiger partial charge in [-0.2, -0.15) is 0 Å². The van der Waals surface area contributed by atoms with Gasteiger partial charge in [0.25, 0.3) is 0 Å². The smallest absolute Gasteiger partial charge is 0.336 e. The van der Waals surface area contributed by atoms with Crippen LogP contribution in [-0.2, 0) is 14.3 Å². The summed E-state index contributed by atoms with van der Waals surface area (Å²) in [6.07, 6.45) is 3.07. The third-order valence-electron chi connectivity index (χ3n) is 1.52. The average molecular weight is 192 g/mol. The first-order valence-corrected chi connectivity index (χ1v) is 4.23. The summed E-state index contributed by atoms with van der Waals surface area (Å²) >= 11 is 0. The number of rotatable bonds is 4. The van der Waals surface area contributed by atoms with Gasteiger partial charge < -0.3 is 9.47 Å². The van der Waals surface area contributed by atoms with E-state index in [0.29, 0.717) is 0 Å². The number of carbonyl (C=O) groups excluding carboxylic acids is 1. The Labute approximate surface area is 83.0 Å². The van der Waals surface area contributed by atoms with Crippen LogP contribution in [0.1, 0.15) is 5.56 Å². The van der Waals surface area contributed by atoms with Crippen LogP contribution in [0, 0.1) is 0 Å². The Morgan fingerprint density at radius 3 is 2.71 bits per heavy atom. The Balaban J connectivity index is 2.38. The summed E-state index contributed by atoms with van der Waals surface area (Å²) < 4.78 is 9.34. The molecular formula is C11H12O3. The number of ether oxygens (including phenoxy) is 2. The van der Waals surface area contributed by atoms with Gasteiger partial charge in [0.1, 0.15) is 6.61 Å². The quantitative estimate of drug-likeness (QED) is 0.539. The van der Waals surface area contributed by atoms with Crippen LogP contribution in [-0.4, -0.2) is 19.7 Å². The molecule has 0 heterocycles. The van der Waals surface area contributed by atoms with Crippen LogP contribution < -0.4 is 0 Å².